The minimum atomic E-state index is -1.99. The predicted molar refractivity (Wildman–Crippen MR) is 123 cm³/mol. The van der Waals surface area contributed by atoms with Gasteiger partial charge in [0.25, 0.3) is 5.91 Å². The molecule has 1 aromatic carbocycles. The monoisotopic (exact) mass is 459 g/mol. The molecule has 1 aromatic rings. The molecule has 2 aliphatic rings. The van der Waals surface area contributed by atoms with E-state index in [2.05, 4.69) is 39.9 Å². The van der Waals surface area contributed by atoms with Crippen LogP contribution in [0, 0.1) is 11.3 Å². The summed E-state index contributed by atoms with van der Waals surface area (Å²) in [5.41, 5.74) is 1.01. The number of ether oxygens (including phenoxy) is 1. The van der Waals surface area contributed by atoms with Gasteiger partial charge in [0, 0.05) is 19.1 Å². The molecule has 0 radical (unpaired) electrons. The van der Waals surface area contributed by atoms with E-state index in [1.54, 1.807) is 23.1 Å². The topological polar surface area (TPSA) is 103 Å². The van der Waals surface area contributed by atoms with Gasteiger partial charge in [0.05, 0.1) is 23.4 Å². The Morgan fingerprint density at radius 3 is 2.69 bits per heavy atom. The molecule has 9 heteroatoms. The van der Waals surface area contributed by atoms with Crippen molar-refractivity contribution in [1.29, 1.82) is 5.26 Å². The maximum Gasteiger partial charge on any atom is 0.407 e. The molecule has 2 amide bonds. The van der Waals surface area contributed by atoms with Gasteiger partial charge in [0.2, 0.25) is 0 Å². The number of amides is 2. The Balaban J connectivity index is 1.69. The summed E-state index contributed by atoms with van der Waals surface area (Å²) in [6.45, 7) is 11.5. The number of nitrogens with zero attached hydrogens (tertiary/aromatic N) is 3. The van der Waals surface area contributed by atoms with E-state index in [1.807, 2.05) is 0 Å². The summed E-state index contributed by atoms with van der Waals surface area (Å²) < 4.78 is 12.0. The van der Waals surface area contributed by atoms with E-state index < -0.39 is 14.4 Å². The Hall–Kier alpha value is -2.57. The second kappa shape index (κ2) is 9.12. The first-order chi connectivity index (χ1) is 14.9. The van der Waals surface area contributed by atoms with E-state index in [0.717, 1.165) is 6.42 Å². The molecule has 0 aromatic heterocycles. The number of carboxylic acid groups (broad SMARTS) is 1. The lowest BCUT2D eigenvalue weighted by molar-refractivity contribution is -0.121. The van der Waals surface area contributed by atoms with E-state index in [-0.39, 0.29) is 29.7 Å². The lowest BCUT2D eigenvalue weighted by Crippen LogP contribution is -2.54. The molecule has 0 saturated carbocycles. The number of benzene rings is 1. The Morgan fingerprint density at radius 1 is 1.34 bits per heavy atom. The second-order valence-corrected chi connectivity index (χ2v) is 14.8. The molecule has 0 bridgehead atoms. The highest BCUT2D eigenvalue weighted by Crippen LogP contribution is 2.39. The zero-order valence-corrected chi connectivity index (χ0v) is 20.6. The SMILES string of the molecule is CC(C)(C)[Si](C)(C)O[C@@H]1CC[C@H](CCN2C(=O)COc3ccc(C#N)cc32)N(C(=O)O)C1. The van der Waals surface area contributed by atoms with Crippen LogP contribution in [0.1, 0.15) is 45.6 Å². The summed E-state index contributed by atoms with van der Waals surface area (Å²) in [5, 5.41) is 19.1. The van der Waals surface area contributed by atoms with Gasteiger partial charge in [0.15, 0.2) is 14.9 Å². The number of rotatable bonds is 5. The minimum absolute atomic E-state index is 0.0598. The van der Waals surface area contributed by atoms with Gasteiger partial charge in [-0.05, 0) is 55.6 Å². The van der Waals surface area contributed by atoms with E-state index in [4.69, 9.17) is 9.16 Å². The van der Waals surface area contributed by atoms with E-state index in [1.165, 1.54) is 4.90 Å². The maximum atomic E-state index is 12.5. The van der Waals surface area contributed by atoms with Crippen molar-refractivity contribution in [1.82, 2.24) is 4.90 Å². The van der Waals surface area contributed by atoms with E-state index in [0.29, 0.717) is 42.9 Å². The highest BCUT2D eigenvalue weighted by atomic mass is 28.4. The predicted octanol–water partition coefficient (Wildman–Crippen LogP) is 4.21. The van der Waals surface area contributed by atoms with Crippen LogP contribution in [0.4, 0.5) is 10.5 Å². The molecule has 2 heterocycles. The first-order valence-electron chi connectivity index (χ1n) is 11.1. The lowest BCUT2D eigenvalue weighted by atomic mass is 9.97. The number of fused-ring (bicyclic) bond motifs is 1. The number of carbonyl (C=O) groups is 2. The largest absolute Gasteiger partial charge is 0.482 e. The average molecular weight is 460 g/mol. The smallest absolute Gasteiger partial charge is 0.407 e. The summed E-state index contributed by atoms with van der Waals surface area (Å²) in [6, 6.07) is 6.89. The van der Waals surface area contributed by atoms with E-state index >= 15 is 0 Å². The fourth-order valence-electron chi connectivity index (χ4n) is 4.01. The Kier molecular flexibility index (Phi) is 6.86. The van der Waals surface area contributed by atoms with Crippen LogP contribution in [0.5, 0.6) is 5.75 Å². The highest BCUT2D eigenvalue weighted by Gasteiger charge is 2.42. The summed E-state index contributed by atoms with van der Waals surface area (Å²) in [5.74, 6) is 0.370. The molecule has 1 N–H and O–H groups in total. The van der Waals surface area contributed by atoms with Crippen molar-refractivity contribution >= 4 is 26.0 Å². The molecular weight excluding hydrogens is 426 g/mol. The first kappa shape index (κ1) is 24.1. The van der Waals surface area contributed by atoms with Crippen molar-refractivity contribution in [2.45, 2.75) is 70.3 Å². The first-order valence-corrected chi connectivity index (χ1v) is 14.0. The lowest BCUT2D eigenvalue weighted by Gasteiger charge is -2.44. The van der Waals surface area contributed by atoms with Crippen molar-refractivity contribution in [2.24, 2.45) is 0 Å². The van der Waals surface area contributed by atoms with Gasteiger partial charge in [-0.2, -0.15) is 5.26 Å². The van der Waals surface area contributed by atoms with Crippen molar-refractivity contribution in [3.63, 3.8) is 0 Å². The van der Waals surface area contributed by atoms with Crippen molar-refractivity contribution < 1.29 is 23.9 Å². The van der Waals surface area contributed by atoms with Gasteiger partial charge >= 0.3 is 6.09 Å². The molecule has 3 rings (SSSR count). The third-order valence-electron chi connectivity index (χ3n) is 6.89. The molecule has 8 nitrogen and oxygen atoms in total. The van der Waals surface area contributed by atoms with Crippen LogP contribution in [-0.2, 0) is 9.22 Å². The molecule has 2 atom stereocenters. The maximum absolute atomic E-state index is 12.5. The Labute approximate surface area is 190 Å². The van der Waals surface area contributed by atoms with Crippen molar-refractivity contribution in [3.8, 4) is 11.8 Å². The summed E-state index contributed by atoms with van der Waals surface area (Å²) >= 11 is 0. The van der Waals surface area contributed by atoms with Gasteiger partial charge < -0.3 is 24.1 Å². The Bertz CT molecular complexity index is 921. The van der Waals surface area contributed by atoms with Crippen LogP contribution in [0.25, 0.3) is 0 Å². The normalized spacial score (nSPS) is 21.6. The molecule has 1 fully saturated rings. The fraction of sp³-hybridized carbons (Fsp3) is 0.609. The second-order valence-electron chi connectivity index (χ2n) is 10.1. The molecule has 174 valence electrons. The van der Waals surface area contributed by atoms with Gasteiger partial charge in [-0.15, -0.1) is 0 Å². The molecule has 0 spiro atoms. The van der Waals surface area contributed by atoms with Crippen molar-refractivity contribution in [2.75, 3.05) is 24.6 Å². The standard InChI is InChI=1S/C23H33N3O5Si/c1-23(2,3)32(4,5)31-18-8-7-17(26(14-18)22(28)29)10-11-25-19-12-16(13-24)6-9-20(19)30-15-21(25)27/h6,9,12,17-18H,7-8,10-11,14-15H2,1-5H3,(H,28,29)/t17-,18-/m1/s1. The summed E-state index contributed by atoms with van der Waals surface area (Å²) in [7, 11) is -1.99. The zero-order valence-electron chi connectivity index (χ0n) is 19.6. The van der Waals surface area contributed by atoms with Gasteiger partial charge in [-0.1, -0.05) is 20.8 Å². The van der Waals surface area contributed by atoms with Gasteiger partial charge in [-0.3, -0.25) is 4.79 Å². The zero-order chi connectivity index (χ0) is 23.7. The number of piperidine rings is 1. The number of anilines is 1. The van der Waals surface area contributed by atoms with Gasteiger partial charge in [-0.25, -0.2) is 4.79 Å². The quantitative estimate of drug-likeness (QED) is 0.662. The number of likely N-dealkylation sites (tertiary alicyclic amines) is 1. The number of nitriles is 1. The molecule has 0 aliphatic carbocycles. The highest BCUT2D eigenvalue weighted by molar-refractivity contribution is 6.74. The number of hydrogen-bond donors (Lipinski definition) is 1. The molecule has 0 unspecified atom stereocenters. The van der Waals surface area contributed by atoms with Crippen LogP contribution < -0.4 is 9.64 Å². The Morgan fingerprint density at radius 2 is 2.06 bits per heavy atom. The summed E-state index contributed by atoms with van der Waals surface area (Å²) in [4.78, 5) is 27.6. The van der Waals surface area contributed by atoms with Crippen LogP contribution in [-0.4, -0.2) is 62.2 Å². The van der Waals surface area contributed by atoms with Crippen LogP contribution >= 0.6 is 0 Å². The number of hydrogen-bond acceptors (Lipinski definition) is 5. The van der Waals surface area contributed by atoms with E-state index in [9.17, 15) is 20.0 Å². The minimum Gasteiger partial charge on any atom is -0.482 e. The number of carbonyl (C=O) groups excluding carboxylic acids is 1. The molecule has 2 aliphatic heterocycles. The summed E-state index contributed by atoms with van der Waals surface area (Å²) in [6.07, 6.45) is 0.940. The van der Waals surface area contributed by atoms with Gasteiger partial charge in [0.1, 0.15) is 5.75 Å². The van der Waals surface area contributed by atoms with Crippen LogP contribution in [0.15, 0.2) is 18.2 Å². The molecular formula is C23H33N3O5Si. The average Bonchev–Trinajstić information content (AvgIpc) is 2.72. The van der Waals surface area contributed by atoms with Crippen LogP contribution in [0.2, 0.25) is 18.1 Å². The molecule has 32 heavy (non-hydrogen) atoms. The van der Waals surface area contributed by atoms with Crippen molar-refractivity contribution in [3.05, 3.63) is 23.8 Å². The third-order valence-corrected chi connectivity index (χ3v) is 11.4. The third kappa shape index (κ3) is 5.08. The van der Waals surface area contributed by atoms with Crippen LogP contribution in [0.3, 0.4) is 0 Å². The molecule has 1 saturated heterocycles. The fourth-order valence-corrected chi connectivity index (χ4v) is 5.39.